The monoisotopic (exact) mass is 411 g/mol. The molecular weight excluding hydrogens is 401 g/mol. The molecule has 128 valence electrons. The molecule has 0 saturated carbocycles. The number of aromatic nitrogens is 2. The highest BCUT2D eigenvalue weighted by Gasteiger charge is 2.22. The summed E-state index contributed by atoms with van der Waals surface area (Å²) in [6.45, 7) is 0. The molecule has 9 heteroatoms. The van der Waals surface area contributed by atoms with E-state index in [-0.39, 0.29) is 5.82 Å². The lowest BCUT2D eigenvalue weighted by atomic mass is 10.1. The Hall–Kier alpha value is -1.74. The Morgan fingerprint density at radius 2 is 1.88 bits per heavy atom. The van der Waals surface area contributed by atoms with Crippen molar-refractivity contribution in [3.8, 4) is 5.69 Å². The number of amides is 1. The molecular formula is C16H11ClFN3OS3. The Bertz CT molecular complexity index is 954. The molecule has 0 spiro atoms. The van der Waals surface area contributed by atoms with Gasteiger partial charge in [0.05, 0.1) is 5.69 Å². The number of nitrogens with two attached hydrogens (primary N) is 1. The van der Waals surface area contributed by atoms with Crippen molar-refractivity contribution in [1.82, 2.24) is 9.78 Å². The van der Waals surface area contributed by atoms with Gasteiger partial charge in [0.2, 0.25) is 5.91 Å². The molecule has 0 bridgehead atoms. The number of thioether (sulfide) groups is 1. The smallest absolute Gasteiger partial charge is 0.235 e. The molecule has 2 aromatic carbocycles. The number of benzene rings is 2. The number of primary amides is 1. The number of hydrogen-bond donors (Lipinski definition) is 1. The molecule has 1 amide bonds. The van der Waals surface area contributed by atoms with Crippen LogP contribution < -0.4 is 5.73 Å². The largest absolute Gasteiger partial charge is 0.368 e. The fourth-order valence-electron chi connectivity index (χ4n) is 2.08. The maximum Gasteiger partial charge on any atom is 0.235 e. The Balaban J connectivity index is 1.90. The summed E-state index contributed by atoms with van der Waals surface area (Å²) in [4.78, 5) is 11.8. The maximum absolute atomic E-state index is 13.1. The van der Waals surface area contributed by atoms with Crippen LogP contribution in [0.1, 0.15) is 10.8 Å². The van der Waals surface area contributed by atoms with Crippen molar-refractivity contribution in [2.75, 3.05) is 0 Å². The van der Waals surface area contributed by atoms with Gasteiger partial charge in [-0.05, 0) is 54.2 Å². The number of rotatable bonds is 5. The first-order valence-electron chi connectivity index (χ1n) is 7.01. The number of carbonyl (C=O) groups is 1. The lowest BCUT2D eigenvalue weighted by Crippen LogP contribution is -2.18. The molecule has 0 aliphatic heterocycles. The van der Waals surface area contributed by atoms with Crippen LogP contribution in [-0.4, -0.2) is 15.7 Å². The van der Waals surface area contributed by atoms with Gasteiger partial charge in [0, 0.05) is 5.02 Å². The Kier molecular flexibility index (Phi) is 5.53. The lowest BCUT2D eigenvalue weighted by molar-refractivity contribution is -0.117. The number of nitrogens with zero attached hydrogens (tertiary/aromatic N) is 2. The van der Waals surface area contributed by atoms with E-state index in [4.69, 9.17) is 29.6 Å². The third-order valence-corrected chi connectivity index (χ3v) is 6.09. The third-order valence-electron chi connectivity index (χ3n) is 3.25. The molecule has 3 aromatic rings. The van der Waals surface area contributed by atoms with Gasteiger partial charge in [-0.1, -0.05) is 46.8 Å². The maximum atomic E-state index is 13.1. The van der Waals surface area contributed by atoms with E-state index < -0.39 is 11.2 Å². The van der Waals surface area contributed by atoms with Crippen molar-refractivity contribution in [3.05, 3.63) is 68.9 Å². The van der Waals surface area contributed by atoms with E-state index in [2.05, 4.69) is 5.10 Å². The SMILES string of the molecule is NC(=O)C(Sc1nn(-c2ccc(Cl)cc2)c(=S)s1)c1ccc(F)cc1. The molecule has 2 N–H and O–H groups in total. The first-order chi connectivity index (χ1) is 11.9. The van der Waals surface area contributed by atoms with Crippen LogP contribution in [0.5, 0.6) is 0 Å². The summed E-state index contributed by atoms with van der Waals surface area (Å²) in [6, 6.07) is 12.8. The minimum Gasteiger partial charge on any atom is -0.368 e. The highest BCUT2D eigenvalue weighted by Crippen LogP contribution is 2.37. The highest BCUT2D eigenvalue weighted by atomic mass is 35.5. The first kappa shape index (κ1) is 18.1. The summed E-state index contributed by atoms with van der Waals surface area (Å²) >= 11 is 13.7. The van der Waals surface area contributed by atoms with Gasteiger partial charge in [-0.2, -0.15) is 0 Å². The second kappa shape index (κ2) is 7.65. The van der Waals surface area contributed by atoms with E-state index in [0.717, 1.165) is 5.69 Å². The average molecular weight is 412 g/mol. The lowest BCUT2D eigenvalue weighted by Gasteiger charge is -2.11. The number of hydrogen-bond acceptors (Lipinski definition) is 5. The molecule has 0 fully saturated rings. The van der Waals surface area contributed by atoms with Crippen molar-refractivity contribution in [1.29, 1.82) is 0 Å². The van der Waals surface area contributed by atoms with E-state index in [0.29, 0.717) is 18.9 Å². The molecule has 3 rings (SSSR count). The molecule has 0 aliphatic rings. The fourth-order valence-corrected chi connectivity index (χ4v) is 4.71. The van der Waals surface area contributed by atoms with Gasteiger partial charge in [-0.25, -0.2) is 9.07 Å². The highest BCUT2D eigenvalue weighted by molar-refractivity contribution is 8.02. The van der Waals surface area contributed by atoms with Gasteiger partial charge in [0.15, 0.2) is 8.29 Å². The van der Waals surface area contributed by atoms with Crippen LogP contribution in [0.4, 0.5) is 4.39 Å². The van der Waals surface area contributed by atoms with Gasteiger partial charge >= 0.3 is 0 Å². The standard InChI is InChI=1S/C16H11ClFN3OS3/c17-10-3-7-12(8-4-10)21-16(23)25-15(20-21)24-13(14(19)22)9-1-5-11(18)6-2-9/h1-8,13H,(H2,19,22). The van der Waals surface area contributed by atoms with Crippen LogP contribution in [0, 0.1) is 9.77 Å². The van der Waals surface area contributed by atoms with Gasteiger partial charge in [-0.15, -0.1) is 5.10 Å². The van der Waals surface area contributed by atoms with Crippen molar-refractivity contribution in [3.63, 3.8) is 0 Å². The first-order valence-corrected chi connectivity index (χ1v) is 9.50. The molecule has 0 radical (unpaired) electrons. The van der Waals surface area contributed by atoms with Gasteiger partial charge in [-0.3, -0.25) is 4.79 Å². The van der Waals surface area contributed by atoms with Crippen LogP contribution in [-0.2, 0) is 4.79 Å². The quantitative estimate of drug-likeness (QED) is 0.485. The van der Waals surface area contributed by atoms with Gasteiger partial charge in [0.1, 0.15) is 11.1 Å². The van der Waals surface area contributed by atoms with E-state index >= 15 is 0 Å². The zero-order valence-electron chi connectivity index (χ0n) is 12.6. The predicted molar refractivity (Wildman–Crippen MR) is 101 cm³/mol. The topological polar surface area (TPSA) is 60.9 Å². The van der Waals surface area contributed by atoms with Crippen LogP contribution in [0.25, 0.3) is 5.69 Å². The van der Waals surface area contributed by atoms with Crippen molar-refractivity contribution in [2.24, 2.45) is 5.73 Å². The van der Waals surface area contributed by atoms with Crippen molar-refractivity contribution in [2.45, 2.75) is 9.59 Å². The Labute approximate surface area is 161 Å². The van der Waals surface area contributed by atoms with E-state index in [1.54, 1.807) is 28.9 Å². The second-order valence-corrected chi connectivity index (χ2v) is 8.39. The molecule has 4 nitrogen and oxygen atoms in total. The minimum atomic E-state index is -0.681. The van der Waals surface area contributed by atoms with Crippen LogP contribution >= 0.6 is 46.9 Å². The van der Waals surface area contributed by atoms with Gasteiger partial charge in [0.25, 0.3) is 0 Å². The minimum absolute atomic E-state index is 0.375. The molecule has 25 heavy (non-hydrogen) atoms. The predicted octanol–water partition coefficient (Wildman–Crippen LogP) is 4.77. The summed E-state index contributed by atoms with van der Waals surface area (Å²) in [5, 5.41) is 4.38. The zero-order chi connectivity index (χ0) is 18.0. The number of halogens is 2. The van der Waals surface area contributed by atoms with Crippen LogP contribution in [0.2, 0.25) is 5.02 Å². The third kappa shape index (κ3) is 4.27. The second-order valence-electron chi connectivity index (χ2n) is 4.97. The molecule has 1 unspecified atom stereocenters. The summed E-state index contributed by atoms with van der Waals surface area (Å²) in [5.41, 5.74) is 6.89. The van der Waals surface area contributed by atoms with Crippen LogP contribution in [0.15, 0.2) is 52.9 Å². The Morgan fingerprint density at radius 1 is 1.24 bits per heavy atom. The fraction of sp³-hybridized carbons (Fsp3) is 0.0625. The van der Waals surface area contributed by atoms with Crippen molar-refractivity contribution < 1.29 is 9.18 Å². The zero-order valence-corrected chi connectivity index (χ0v) is 15.8. The summed E-state index contributed by atoms with van der Waals surface area (Å²) < 4.78 is 15.8. The molecule has 1 heterocycles. The summed E-state index contributed by atoms with van der Waals surface area (Å²) in [7, 11) is 0. The van der Waals surface area contributed by atoms with Gasteiger partial charge < -0.3 is 5.73 Å². The molecule has 1 aromatic heterocycles. The normalized spacial score (nSPS) is 12.1. The average Bonchev–Trinajstić information content (AvgIpc) is 2.95. The molecule has 0 saturated heterocycles. The van der Waals surface area contributed by atoms with Crippen molar-refractivity contribution >= 4 is 52.8 Å². The summed E-state index contributed by atoms with van der Waals surface area (Å²) in [6.07, 6.45) is 0. The molecule has 1 atom stereocenters. The number of carbonyl (C=O) groups excluding carboxylic acids is 1. The van der Waals surface area contributed by atoms with E-state index in [9.17, 15) is 9.18 Å². The van der Waals surface area contributed by atoms with Crippen LogP contribution in [0.3, 0.4) is 0 Å². The summed E-state index contributed by atoms with van der Waals surface area (Å²) in [5.74, 6) is -0.907. The van der Waals surface area contributed by atoms with E-state index in [1.165, 1.54) is 47.4 Å². The Morgan fingerprint density at radius 3 is 2.48 bits per heavy atom. The molecule has 0 aliphatic carbocycles. The van der Waals surface area contributed by atoms with E-state index in [1.807, 2.05) is 0 Å².